The summed E-state index contributed by atoms with van der Waals surface area (Å²) in [5.41, 5.74) is 5.34. The second-order valence-corrected chi connectivity index (χ2v) is 4.95. The Morgan fingerprint density at radius 2 is 2.50 bits per heavy atom. The smallest absolute Gasteiger partial charge is 0.0396 e. The van der Waals surface area contributed by atoms with Crippen LogP contribution in [0.1, 0.15) is 0 Å². The predicted molar refractivity (Wildman–Crippen MR) is 50.6 cm³/mol. The van der Waals surface area contributed by atoms with Crippen molar-refractivity contribution in [1.82, 2.24) is 5.32 Å². The van der Waals surface area contributed by atoms with Crippen molar-refractivity contribution in [2.45, 2.75) is 5.25 Å². The highest BCUT2D eigenvalue weighted by atomic mass is 32.2. The van der Waals surface area contributed by atoms with Gasteiger partial charge in [0.25, 0.3) is 0 Å². The Hall–Kier alpha value is 0.620. The average molecular weight is 178 g/mol. The van der Waals surface area contributed by atoms with Crippen LogP contribution in [0.3, 0.4) is 0 Å². The highest BCUT2D eigenvalue weighted by Crippen LogP contribution is 2.28. The standard InChI is InChI=1S/C6H14N2S2/c7-1-2-8-3-6-4-9-5-10-6/h6,8H,1-5,7H2. The van der Waals surface area contributed by atoms with Gasteiger partial charge in [0.1, 0.15) is 0 Å². The summed E-state index contributed by atoms with van der Waals surface area (Å²) in [5, 5.41) is 5.42. The Bertz CT molecular complexity index is 83.8. The Labute approximate surface area is 70.7 Å². The third-order valence-corrected chi connectivity index (χ3v) is 4.25. The summed E-state index contributed by atoms with van der Waals surface area (Å²) < 4.78 is 0. The SMILES string of the molecule is NCCNCC1CSCS1. The first kappa shape index (κ1) is 8.71. The highest BCUT2D eigenvalue weighted by Gasteiger charge is 2.14. The molecular weight excluding hydrogens is 164 g/mol. The first-order chi connectivity index (χ1) is 4.93. The molecule has 0 aromatic carbocycles. The van der Waals surface area contributed by atoms with Crippen LogP contribution in [-0.2, 0) is 0 Å². The summed E-state index contributed by atoms with van der Waals surface area (Å²) in [6.45, 7) is 2.85. The lowest BCUT2D eigenvalue weighted by molar-refractivity contribution is 0.691. The predicted octanol–water partition coefficient (Wildman–Crippen LogP) is 0.341. The molecule has 0 radical (unpaired) electrons. The van der Waals surface area contributed by atoms with Crippen LogP contribution in [0.15, 0.2) is 0 Å². The van der Waals surface area contributed by atoms with Gasteiger partial charge in [-0.1, -0.05) is 0 Å². The van der Waals surface area contributed by atoms with Gasteiger partial charge in [0.05, 0.1) is 0 Å². The summed E-state index contributed by atoms with van der Waals surface area (Å²) in [4.78, 5) is 0. The van der Waals surface area contributed by atoms with Crippen LogP contribution in [-0.4, -0.2) is 35.7 Å². The molecule has 4 heteroatoms. The molecule has 1 fully saturated rings. The lowest BCUT2D eigenvalue weighted by atomic mass is 10.4. The van der Waals surface area contributed by atoms with E-state index in [1.54, 1.807) is 0 Å². The Kier molecular flexibility index (Phi) is 4.61. The Morgan fingerprint density at radius 1 is 1.60 bits per heavy atom. The van der Waals surface area contributed by atoms with Gasteiger partial charge in [-0.15, -0.1) is 23.5 Å². The molecule has 0 spiro atoms. The number of hydrogen-bond acceptors (Lipinski definition) is 4. The largest absolute Gasteiger partial charge is 0.329 e. The fraction of sp³-hybridized carbons (Fsp3) is 1.00. The molecule has 1 heterocycles. The molecule has 1 rings (SSSR count). The third kappa shape index (κ3) is 3.14. The van der Waals surface area contributed by atoms with Gasteiger partial charge in [0, 0.05) is 35.7 Å². The highest BCUT2D eigenvalue weighted by molar-refractivity contribution is 8.19. The van der Waals surface area contributed by atoms with Gasteiger partial charge < -0.3 is 11.1 Å². The minimum Gasteiger partial charge on any atom is -0.329 e. The zero-order chi connectivity index (χ0) is 7.23. The average Bonchev–Trinajstić information content (AvgIpc) is 2.41. The van der Waals surface area contributed by atoms with E-state index in [-0.39, 0.29) is 0 Å². The molecular formula is C6H14N2S2. The second-order valence-electron chi connectivity index (χ2n) is 2.27. The van der Waals surface area contributed by atoms with E-state index in [4.69, 9.17) is 5.73 Å². The summed E-state index contributed by atoms with van der Waals surface area (Å²) in [6.07, 6.45) is 0. The number of nitrogens with two attached hydrogens (primary N) is 1. The van der Waals surface area contributed by atoms with Crippen LogP contribution in [0.5, 0.6) is 0 Å². The van der Waals surface area contributed by atoms with Crippen molar-refractivity contribution in [3.8, 4) is 0 Å². The van der Waals surface area contributed by atoms with E-state index in [1.807, 2.05) is 11.8 Å². The molecule has 0 amide bonds. The molecule has 0 bridgehead atoms. The molecule has 0 aromatic rings. The van der Waals surface area contributed by atoms with Crippen molar-refractivity contribution in [1.29, 1.82) is 0 Å². The molecule has 0 aliphatic carbocycles. The van der Waals surface area contributed by atoms with Gasteiger partial charge in [-0.2, -0.15) is 0 Å². The molecule has 60 valence electrons. The fourth-order valence-corrected chi connectivity index (χ4v) is 3.68. The van der Waals surface area contributed by atoms with E-state index >= 15 is 0 Å². The van der Waals surface area contributed by atoms with Crippen molar-refractivity contribution in [3.05, 3.63) is 0 Å². The van der Waals surface area contributed by atoms with Crippen LogP contribution in [0.4, 0.5) is 0 Å². The third-order valence-electron chi connectivity index (χ3n) is 1.38. The van der Waals surface area contributed by atoms with Crippen molar-refractivity contribution < 1.29 is 0 Å². The monoisotopic (exact) mass is 178 g/mol. The Morgan fingerprint density at radius 3 is 3.10 bits per heavy atom. The molecule has 1 aliphatic rings. The second kappa shape index (κ2) is 5.29. The van der Waals surface area contributed by atoms with Crippen LogP contribution >= 0.6 is 23.5 Å². The van der Waals surface area contributed by atoms with Crippen molar-refractivity contribution in [3.63, 3.8) is 0 Å². The lowest BCUT2D eigenvalue weighted by Crippen LogP contribution is -2.29. The van der Waals surface area contributed by atoms with Crippen molar-refractivity contribution in [2.24, 2.45) is 5.73 Å². The molecule has 3 N–H and O–H groups in total. The van der Waals surface area contributed by atoms with Gasteiger partial charge in [-0.25, -0.2) is 0 Å². The van der Waals surface area contributed by atoms with Crippen LogP contribution < -0.4 is 11.1 Å². The Balaban J connectivity index is 1.91. The van der Waals surface area contributed by atoms with Crippen LogP contribution in [0.2, 0.25) is 0 Å². The number of thioether (sulfide) groups is 2. The summed E-state index contributed by atoms with van der Waals surface area (Å²) in [6, 6.07) is 0. The van der Waals surface area contributed by atoms with Gasteiger partial charge in [0.2, 0.25) is 0 Å². The lowest BCUT2D eigenvalue weighted by Gasteiger charge is -2.07. The van der Waals surface area contributed by atoms with E-state index in [2.05, 4.69) is 17.1 Å². The van der Waals surface area contributed by atoms with E-state index < -0.39 is 0 Å². The van der Waals surface area contributed by atoms with E-state index in [1.165, 1.54) is 10.8 Å². The molecule has 1 unspecified atom stereocenters. The van der Waals surface area contributed by atoms with Crippen molar-refractivity contribution >= 4 is 23.5 Å². The van der Waals surface area contributed by atoms with Crippen LogP contribution in [0, 0.1) is 0 Å². The summed E-state index contributed by atoms with van der Waals surface area (Å²) >= 11 is 4.08. The van der Waals surface area contributed by atoms with E-state index in [9.17, 15) is 0 Å². The number of rotatable bonds is 4. The molecule has 10 heavy (non-hydrogen) atoms. The first-order valence-electron chi connectivity index (χ1n) is 3.53. The quantitative estimate of drug-likeness (QED) is 0.609. The minimum absolute atomic E-state index is 0.754. The minimum atomic E-state index is 0.754. The molecule has 0 saturated carbocycles. The summed E-state index contributed by atoms with van der Waals surface area (Å²) in [7, 11) is 0. The van der Waals surface area contributed by atoms with E-state index in [0.29, 0.717) is 0 Å². The van der Waals surface area contributed by atoms with Gasteiger partial charge in [0.15, 0.2) is 0 Å². The number of hydrogen-bond donors (Lipinski definition) is 2. The van der Waals surface area contributed by atoms with Gasteiger partial charge >= 0.3 is 0 Å². The first-order valence-corrected chi connectivity index (χ1v) is 5.74. The van der Waals surface area contributed by atoms with Crippen LogP contribution in [0.25, 0.3) is 0 Å². The van der Waals surface area contributed by atoms with Gasteiger partial charge in [-0.3, -0.25) is 0 Å². The van der Waals surface area contributed by atoms with Crippen molar-refractivity contribution in [2.75, 3.05) is 30.5 Å². The number of nitrogens with one attached hydrogen (secondary N) is 1. The molecule has 0 aromatic heterocycles. The van der Waals surface area contributed by atoms with E-state index in [0.717, 1.165) is 24.9 Å². The van der Waals surface area contributed by atoms with Gasteiger partial charge in [-0.05, 0) is 0 Å². The molecule has 2 nitrogen and oxygen atoms in total. The molecule has 1 saturated heterocycles. The molecule has 1 aliphatic heterocycles. The normalized spacial score (nSPS) is 25.5. The summed E-state index contributed by atoms with van der Waals surface area (Å²) in [5.74, 6) is 1.31. The fourth-order valence-electron chi connectivity index (χ4n) is 0.855. The maximum Gasteiger partial charge on any atom is 0.0396 e. The maximum atomic E-state index is 5.34. The zero-order valence-corrected chi connectivity index (χ0v) is 7.64. The topological polar surface area (TPSA) is 38.0 Å². The zero-order valence-electron chi connectivity index (χ0n) is 6.01. The molecule has 1 atom stereocenters. The maximum absolute atomic E-state index is 5.34.